The molecule has 1 N–H and O–H groups in total. The predicted octanol–water partition coefficient (Wildman–Crippen LogP) is 0.932. The summed E-state index contributed by atoms with van der Waals surface area (Å²) >= 11 is 0. The summed E-state index contributed by atoms with van der Waals surface area (Å²) in [5, 5.41) is 18.3. The van der Waals surface area contributed by atoms with E-state index < -0.39 is 0 Å². The first-order valence-corrected chi connectivity index (χ1v) is 7.42. The van der Waals surface area contributed by atoms with Crippen LogP contribution in [0.1, 0.15) is 5.56 Å². The fourth-order valence-electron chi connectivity index (χ4n) is 2.35. The molecule has 132 valence electrons. The highest BCUT2D eigenvalue weighted by Gasteiger charge is 2.20. The first-order valence-electron chi connectivity index (χ1n) is 7.42. The average Bonchev–Trinajstić information content (AvgIpc) is 3.02. The zero-order valence-electron chi connectivity index (χ0n) is 14.0. The van der Waals surface area contributed by atoms with Crippen LogP contribution >= 0.6 is 0 Å². The molecule has 0 aliphatic rings. The van der Waals surface area contributed by atoms with Crippen molar-refractivity contribution in [3.63, 3.8) is 0 Å². The number of ether oxygens (including phenoxy) is 3. The van der Waals surface area contributed by atoms with E-state index in [-0.39, 0.29) is 22.1 Å². The van der Waals surface area contributed by atoms with Crippen LogP contribution in [-0.2, 0) is 6.42 Å². The Kier molecular flexibility index (Phi) is 4.68. The van der Waals surface area contributed by atoms with Crippen molar-refractivity contribution in [2.45, 2.75) is 6.42 Å². The normalized spacial score (nSPS) is 10.7. The van der Waals surface area contributed by atoms with Crippen LogP contribution in [0.15, 0.2) is 22.8 Å². The van der Waals surface area contributed by atoms with Gasteiger partial charge in [0.05, 0.1) is 26.5 Å². The fraction of sp³-hybridized carbons (Fsp3) is 0.333. The van der Waals surface area contributed by atoms with E-state index in [1.807, 2.05) is 18.2 Å². The molecular weight excluding hydrogens is 330 g/mol. The number of hydrogen-bond acceptors (Lipinski definition) is 9. The van der Waals surface area contributed by atoms with Crippen molar-refractivity contribution in [2.24, 2.45) is 0 Å². The summed E-state index contributed by atoms with van der Waals surface area (Å²) in [6.07, 6.45) is 0.665. The minimum absolute atomic E-state index is 0.0926. The number of aromatic nitrogens is 4. The van der Waals surface area contributed by atoms with Gasteiger partial charge >= 0.3 is 11.7 Å². The molecular formula is C15H17N5O5. The van der Waals surface area contributed by atoms with Gasteiger partial charge in [0.25, 0.3) is 5.52 Å². The summed E-state index contributed by atoms with van der Waals surface area (Å²) in [5.41, 5.74) is 1.27. The SMILES string of the molecule is COc1nc(NCCc2ccc(OC)c(OC)c2)c2c(no[n+]2[O-])n1. The van der Waals surface area contributed by atoms with E-state index in [9.17, 15) is 5.21 Å². The summed E-state index contributed by atoms with van der Waals surface area (Å²) in [6.45, 7) is 0.510. The summed E-state index contributed by atoms with van der Waals surface area (Å²) in [4.78, 5) is 8.35. The second kappa shape index (κ2) is 7.07. The molecule has 0 atom stereocenters. The molecule has 0 saturated heterocycles. The summed E-state index contributed by atoms with van der Waals surface area (Å²) in [6, 6.07) is 5.76. The van der Waals surface area contributed by atoms with Crippen LogP contribution in [0.5, 0.6) is 17.5 Å². The molecule has 25 heavy (non-hydrogen) atoms. The van der Waals surface area contributed by atoms with Crippen LogP contribution in [-0.4, -0.2) is 43.0 Å². The second-order valence-corrected chi connectivity index (χ2v) is 5.03. The molecule has 3 rings (SSSR count). The van der Waals surface area contributed by atoms with Crippen molar-refractivity contribution in [1.82, 2.24) is 15.1 Å². The Balaban J connectivity index is 1.76. The molecule has 0 fully saturated rings. The Bertz CT molecular complexity index is 882. The van der Waals surface area contributed by atoms with E-state index in [4.69, 9.17) is 14.2 Å². The summed E-state index contributed by atoms with van der Waals surface area (Å²) < 4.78 is 20.1. The molecule has 10 nitrogen and oxygen atoms in total. The van der Waals surface area contributed by atoms with Crippen LogP contribution in [0, 0.1) is 5.21 Å². The zero-order chi connectivity index (χ0) is 17.8. The van der Waals surface area contributed by atoms with Gasteiger partial charge in [-0.2, -0.15) is 4.98 Å². The van der Waals surface area contributed by atoms with Crippen LogP contribution in [0.2, 0.25) is 0 Å². The van der Waals surface area contributed by atoms with Crippen molar-refractivity contribution >= 4 is 17.0 Å². The minimum Gasteiger partial charge on any atom is -0.493 e. The lowest BCUT2D eigenvalue weighted by molar-refractivity contribution is -0.782. The van der Waals surface area contributed by atoms with Crippen molar-refractivity contribution in [1.29, 1.82) is 0 Å². The number of methoxy groups -OCH3 is 3. The monoisotopic (exact) mass is 347 g/mol. The van der Waals surface area contributed by atoms with E-state index in [0.29, 0.717) is 30.3 Å². The van der Waals surface area contributed by atoms with Crippen molar-refractivity contribution in [2.75, 3.05) is 33.2 Å². The Hall–Kier alpha value is -3.30. The number of fused-ring (bicyclic) bond motifs is 1. The van der Waals surface area contributed by atoms with Gasteiger partial charge in [0.1, 0.15) is 0 Å². The molecule has 2 aromatic heterocycles. The van der Waals surface area contributed by atoms with Crippen molar-refractivity contribution < 1.29 is 23.7 Å². The van der Waals surface area contributed by atoms with Crippen molar-refractivity contribution in [3.05, 3.63) is 29.0 Å². The number of nitrogens with one attached hydrogen (secondary N) is 1. The van der Waals surface area contributed by atoms with Gasteiger partial charge in [-0.15, -0.1) is 4.98 Å². The third-order valence-corrected chi connectivity index (χ3v) is 3.57. The molecule has 0 unspecified atom stereocenters. The Morgan fingerprint density at radius 1 is 1.12 bits per heavy atom. The highest BCUT2D eigenvalue weighted by molar-refractivity contribution is 5.78. The highest BCUT2D eigenvalue weighted by Crippen LogP contribution is 2.27. The predicted molar refractivity (Wildman–Crippen MR) is 86.9 cm³/mol. The van der Waals surface area contributed by atoms with E-state index in [2.05, 4.69) is 25.1 Å². The third-order valence-electron chi connectivity index (χ3n) is 3.57. The Labute approximate surface area is 142 Å². The number of hydrogen-bond donors (Lipinski definition) is 1. The Morgan fingerprint density at radius 3 is 2.64 bits per heavy atom. The molecule has 0 aliphatic carbocycles. The average molecular weight is 347 g/mol. The van der Waals surface area contributed by atoms with Crippen LogP contribution in [0.25, 0.3) is 11.2 Å². The molecule has 0 aliphatic heterocycles. The van der Waals surface area contributed by atoms with Gasteiger partial charge in [0.15, 0.2) is 17.3 Å². The summed E-state index contributed by atoms with van der Waals surface area (Å²) in [7, 11) is 4.60. The molecule has 2 heterocycles. The van der Waals surface area contributed by atoms with Gasteiger partial charge in [-0.3, -0.25) is 4.63 Å². The van der Waals surface area contributed by atoms with Gasteiger partial charge < -0.3 is 24.7 Å². The first kappa shape index (κ1) is 16.6. The lowest BCUT2D eigenvalue weighted by Crippen LogP contribution is -2.24. The zero-order valence-corrected chi connectivity index (χ0v) is 14.0. The standard InChI is InChI=1S/C15H17N5O5/c1-22-10-5-4-9(8-11(10)23-2)6-7-16-13-12-14(19-25-20(12)21)18-15(17-13)24-3/h4-5,8H,6-7H2,1-3H3,(H,16,17,18,19). The van der Waals surface area contributed by atoms with E-state index in [1.54, 1.807) is 14.2 Å². The first-order chi connectivity index (χ1) is 12.2. The molecule has 10 heteroatoms. The van der Waals surface area contributed by atoms with E-state index in [1.165, 1.54) is 7.11 Å². The molecule has 0 amide bonds. The molecule has 0 saturated carbocycles. The molecule has 0 bridgehead atoms. The maximum Gasteiger partial charge on any atom is 0.349 e. The van der Waals surface area contributed by atoms with Gasteiger partial charge in [-0.05, 0) is 29.0 Å². The van der Waals surface area contributed by atoms with Crippen LogP contribution < -0.4 is 24.4 Å². The number of rotatable bonds is 7. The number of benzene rings is 1. The lowest BCUT2D eigenvalue weighted by atomic mass is 10.1. The van der Waals surface area contributed by atoms with Crippen molar-refractivity contribution in [3.8, 4) is 17.5 Å². The van der Waals surface area contributed by atoms with Gasteiger partial charge in [0, 0.05) is 6.54 Å². The van der Waals surface area contributed by atoms with Crippen LogP contribution in [0.4, 0.5) is 5.82 Å². The quantitative estimate of drug-likeness (QED) is 0.622. The topological polar surface area (TPSA) is 118 Å². The number of nitrogens with zero attached hydrogens (tertiary/aromatic N) is 4. The molecule has 0 spiro atoms. The molecule has 0 radical (unpaired) electrons. The largest absolute Gasteiger partial charge is 0.493 e. The number of anilines is 1. The minimum atomic E-state index is 0.0926. The smallest absolute Gasteiger partial charge is 0.349 e. The Morgan fingerprint density at radius 2 is 1.92 bits per heavy atom. The lowest BCUT2D eigenvalue weighted by Gasteiger charge is -2.10. The second-order valence-electron chi connectivity index (χ2n) is 5.03. The maximum atomic E-state index is 11.7. The fourth-order valence-corrected chi connectivity index (χ4v) is 2.35. The third kappa shape index (κ3) is 3.32. The molecule has 1 aromatic carbocycles. The van der Waals surface area contributed by atoms with E-state index in [0.717, 1.165) is 5.56 Å². The summed E-state index contributed by atoms with van der Waals surface area (Å²) in [5.74, 6) is 1.61. The molecule has 3 aromatic rings. The van der Waals surface area contributed by atoms with Gasteiger partial charge in [-0.25, -0.2) is 0 Å². The maximum absolute atomic E-state index is 11.7. The van der Waals surface area contributed by atoms with Gasteiger partial charge in [0.2, 0.25) is 0 Å². The van der Waals surface area contributed by atoms with Gasteiger partial charge in [-0.1, -0.05) is 6.07 Å². The van der Waals surface area contributed by atoms with E-state index >= 15 is 0 Å². The highest BCUT2D eigenvalue weighted by atomic mass is 16.8. The van der Waals surface area contributed by atoms with Crippen LogP contribution in [0.3, 0.4) is 0 Å².